The predicted octanol–water partition coefficient (Wildman–Crippen LogP) is 0.946. The third kappa shape index (κ3) is 4.39. The van der Waals surface area contributed by atoms with E-state index in [0.29, 0.717) is 13.1 Å². The third-order valence-corrected chi connectivity index (χ3v) is 5.28. The highest BCUT2D eigenvalue weighted by molar-refractivity contribution is 7.89. The first-order valence-electron chi connectivity index (χ1n) is 7.15. The fourth-order valence-electron chi connectivity index (χ4n) is 2.36. The second kappa shape index (κ2) is 6.72. The van der Waals surface area contributed by atoms with Gasteiger partial charge in [0.25, 0.3) is 0 Å². The van der Waals surface area contributed by atoms with E-state index in [-0.39, 0.29) is 11.9 Å². The van der Waals surface area contributed by atoms with E-state index in [1.54, 1.807) is 13.1 Å². The first-order chi connectivity index (χ1) is 9.90. The number of rotatable bonds is 6. The molecule has 6 nitrogen and oxygen atoms in total. The van der Waals surface area contributed by atoms with Gasteiger partial charge in [-0.15, -0.1) is 0 Å². The second-order valence-corrected chi connectivity index (χ2v) is 7.77. The van der Waals surface area contributed by atoms with E-state index in [9.17, 15) is 8.42 Å². The van der Waals surface area contributed by atoms with Crippen LogP contribution in [0.25, 0.3) is 0 Å². The molecule has 0 aromatic carbocycles. The van der Waals surface area contributed by atoms with Crippen molar-refractivity contribution in [1.29, 1.82) is 0 Å². The Morgan fingerprint density at radius 3 is 2.90 bits per heavy atom. The van der Waals surface area contributed by atoms with E-state index in [1.165, 1.54) is 4.31 Å². The number of hydrogen-bond donors (Lipinski definition) is 0. The lowest BCUT2D eigenvalue weighted by molar-refractivity contribution is 0.215. The number of sulfonamides is 1. The number of aromatic nitrogens is 1. The van der Waals surface area contributed by atoms with E-state index in [0.717, 1.165) is 24.4 Å². The van der Waals surface area contributed by atoms with E-state index in [1.807, 2.05) is 31.1 Å². The van der Waals surface area contributed by atoms with Gasteiger partial charge in [-0.3, -0.25) is 4.98 Å². The van der Waals surface area contributed by atoms with Crippen molar-refractivity contribution in [2.24, 2.45) is 0 Å². The van der Waals surface area contributed by atoms with Gasteiger partial charge in [-0.2, -0.15) is 4.31 Å². The van der Waals surface area contributed by atoms with Crippen LogP contribution in [0.15, 0.2) is 18.3 Å². The summed E-state index contributed by atoms with van der Waals surface area (Å²) in [6, 6.07) is 3.73. The number of ether oxygens (including phenoxy) is 1. The summed E-state index contributed by atoms with van der Waals surface area (Å²) in [5, 5.41) is 0. The molecule has 1 fully saturated rings. The molecule has 1 saturated heterocycles. The summed E-state index contributed by atoms with van der Waals surface area (Å²) in [5.74, 6) is 0.893. The molecular weight excluding hydrogens is 290 g/mol. The molecule has 2 heterocycles. The zero-order valence-corrected chi connectivity index (χ0v) is 13.6. The van der Waals surface area contributed by atoms with Gasteiger partial charge in [0, 0.05) is 25.4 Å². The van der Waals surface area contributed by atoms with Crippen LogP contribution < -0.4 is 4.74 Å². The van der Waals surface area contributed by atoms with Crippen molar-refractivity contribution in [3.63, 3.8) is 0 Å². The Labute approximate surface area is 126 Å². The molecule has 0 saturated carbocycles. The Hall–Kier alpha value is -1.18. The molecule has 21 heavy (non-hydrogen) atoms. The van der Waals surface area contributed by atoms with Gasteiger partial charge in [-0.25, -0.2) is 8.42 Å². The van der Waals surface area contributed by atoms with Crippen molar-refractivity contribution in [2.45, 2.75) is 26.0 Å². The van der Waals surface area contributed by atoms with Gasteiger partial charge >= 0.3 is 0 Å². The Balaban J connectivity index is 1.97. The van der Waals surface area contributed by atoms with Crippen molar-refractivity contribution in [1.82, 2.24) is 14.2 Å². The smallest absolute Gasteiger partial charge is 0.213 e. The summed E-state index contributed by atoms with van der Waals surface area (Å²) in [6.45, 7) is 3.39. The zero-order chi connectivity index (χ0) is 15.5. The molecule has 0 aliphatic carbocycles. The number of hydrogen-bond acceptors (Lipinski definition) is 5. The molecule has 0 radical (unpaired) electrons. The maximum Gasteiger partial charge on any atom is 0.213 e. The molecule has 2 rings (SSSR count). The monoisotopic (exact) mass is 313 g/mol. The molecule has 118 valence electrons. The summed E-state index contributed by atoms with van der Waals surface area (Å²) < 4.78 is 31.1. The van der Waals surface area contributed by atoms with E-state index in [2.05, 4.69) is 4.98 Å². The lowest BCUT2D eigenvalue weighted by atomic mass is 10.3. The molecule has 0 bridgehead atoms. The fourth-order valence-corrected chi connectivity index (χ4v) is 3.50. The zero-order valence-electron chi connectivity index (χ0n) is 12.8. The Morgan fingerprint density at radius 2 is 2.24 bits per heavy atom. The lowest BCUT2D eigenvalue weighted by Gasteiger charge is -2.17. The van der Waals surface area contributed by atoms with Crippen molar-refractivity contribution in [3.05, 3.63) is 24.0 Å². The van der Waals surface area contributed by atoms with Gasteiger partial charge in [0.05, 0.1) is 18.0 Å². The van der Waals surface area contributed by atoms with Crippen LogP contribution in [0.4, 0.5) is 0 Å². The van der Waals surface area contributed by atoms with Crippen molar-refractivity contribution < 1.29 is 13.2 Å². The summed E-state index contributed by atoms with van der Waals surface area (Å²) >= 11 is 0. The van der Waals surface area contributed by atoms with Crippen LogP contribution in [-0.2, 0) is 16.6 Å². The Bertz CT molecular complexity index is 575. The van der Waals surface area contributed by atoms with Gasteiger partial charge in [0.2, 0.25) is 10.0 Å². The SMILES string of the molecule is CCS(=O)(=O)N1CCC(Oc2ccnc(CN(C)C)c2)C1. The summed E-state index contributed by atoms with van der Waals surface area (Å²) in [5.41, 5.74) is 0.938. The minimum Gasteiger partial charge on any atom is -0.489 e. The maximum atomic E-state index is 11.8. The second-order valence-electron chi connectivity index (χ2n) is 5.51. The average molecular weight is 313 g/mol. The number of pyridine rings is 1. The highest BCUT2D eigenvalue weighted by atomic mass is 32.2. The van der Waals surface area contributed by atoms with Crippen LogP contribution in [0, 0.1) is 0 Å². The van der Waals surface area contributed by atoms with Crippen molar-refractivity contribution in [3.8, 4) is 5.75 Å². The molecule has 1 aliphatic rings. The first kappa shape index (κ1) is 16.2. The normalized spacial score (nSPS) is 20.1. The van der Waals surface area contributed by atoms with Crippen LogP contribution >= 0.6 is 0 Å². The molecule has 1 unspecified atom stereocenters. The van der Waals surface area contributed by atoms with Gasteiger partial charge < -0.3 is 9.64 Å². The number of nitrogens with zero attached hydrogens (tertiary/aromatic N) is 3. The summed E-state index contributed by atoms with van der Waals surface area (Å²) in [7, 11) is 0.859. The van der Waals surface area contributed by atoms with Gasteiger partial charge in [-0.1, -0.05) is 0 Å². The van der Waals surface area contributed by atoms with Crippen LogP contribution in [0.3, 0.4) is 0 Å². The molecule has 1 atom stereocenters. The standard InChI is InChI=1S/C14H23N3O3S/c1-4-21(18,19)17-8-6-14(11-17)20-13-5-7-15-12(9-13)10-16(2)3/h5,7,9,14H,4,6,8,10-11H2,1-3H3. The lowest BCUT2D eigenvalue weighted by Crippen LogP contribution is -2.32. The Kier molecular flexibility index (Phi) is 5.18. The first-order valence-corrected chi connectivity index (χ1v) is 8.76. The molecule has 0 N–H and O–H groups in total. The molecule has 1 aliphatic heterocycles. The quantitative estimate of drug-likeness (QED) is 0.782. The minimum absolute atomic E-state index is 0.0825. The highest BCUT2D eigenvalue weighted by Gasteiger charge is 2.31. The van der Waals surface area contributed by atoms with Gasteiger partial charge in [0.15, 0.2) is 0 Å². The molecule has 1 aromatic rings. The maximum absolute atomic E-state index is 11.8. The summed E-state index contributed by atoms with van der Waals surface area (Å²) in [4.78, 5) is 6.33. The fraction of sp³-hybridized carbons (Fsp3) is 0.643. The van der Waals surface area contributed by atoms with Crippen LogP contribution in [0.1, 0.15) is 19.0 Å². The Morgan fingerprint density at radius 1 is 1.48 bits per heavy atom. The van der Waals surface area contributed by atoms with E-state index in [4.69, 9.17) is 4.74 Å². The third-order valence-electron chi connectivity index (χ3n) is 3.43. The highest BCUT2D eigenvalue weighted by Crippen LogP contribution is 2.21. The van der Waals surface area contributed by atoms with E-state index < -0.39 is 10.0 Å². The molecule has 7 heteroatoms. The largest absolute Gasteiger partial charge is 0.489 e. The van der Waals surface area contributed by atoms with Crippen LogP contribution in [0.5, 0.6) is 5.75 Å². The predicted molar refractivity (Wildman–Crippen MR) is 81.7 cm³/mol. The minimum atomic E-state index is -3.11. The average Bonchev–Trinajstić information content (AvgIpc) is 2.87. The van der Waals surface area contributed by atoms with Crippen LogP contribution in [0.2, 0.25) is 0 Å². The molecule has 0 spiro atoms. The molecule has 1 aromatic heterocycles. The van der Waals surface area contributed by atoms with Crippen molar-refractivity contribution >= 4 is 10.0 Å². The van der Waals surface area contributed by atoms with E-state index >= 15 is 0 Å². The van der Waals surface area contributed by atoms with Gasteiger partial charge in [-0.05, 0) is 33.5 Å². The summed E-state index contributed by atoms with van der Waals surface area (Å²) in [6.07, 6.45) is 2.37. The molecular formula is C14H23N3O3S. The van der Waals surface area contributed by atoms with Crippen molar-refractivity contribution in [2.75, 3.05) is 32.9 Å². The van der Waals surface area contributed by atoms with Gasteiger partial charge in [0.1, 0.15) is 11.9 Å². The topological polar surface area (TPSA) is 62.7 Å². The molecule has 0 amide bonds. The van der Waals surface area contributed by atoms with Crippen LogP contribution in [-0.4, -0.2) is 61.6 Å².